The molecule has 0 aromatic carbocycles. The Morgan fingerprint density at radius 3 is 2.73 bits per heavy atom. The second-order valence-electron chi connectivity index (χ2n) is 4.46. The van der Waals surface area contributed by atoms with Crippen LogP contribution in [0.25, 0.3) is 0 Å². The van der Waals surface area contributed by atoms with Gasteiger partial charge in [0.1, 0.15) is 0 Å². The van der Waals surface area contributed by atoms with Gasteiger partial charge in [-0.2, -0.15) is 0 Å². The van der Waals surface area contributed by atoms with Crippen LogP contribution in [0.2, 0.25) is 0 Å². The Kier molecular flexibility index (Phi) is 2.38. The van der Waals surface area contributed by atoms with Crippen molar-refractivity contribution in [1.82, 2.24) is 0 Å². The molecular weight excluding hydrogens is 136 g/mol. The summed E-state index contributed by atoms with van der Waals surface area (Å²) in [7, 11) is 0. The summed E-state index contributed by atoms with van der Waals surface area (Å²) < 4.78 is 0. The van der Waals surface area contributed by atoms with Crippen LogP contribution < -0.4 is 0 Å². The highest BCUT2D eigenvalue weighted by Crippen LogP contribution is 2.36. The maximum Gasteiger partial charge on any atom is 0.0642 e. The molecule has 0 aromatic rings. The average molecular weight is 154 g/mol. The zero-order valence-electron chi connectivity index (χ0n) is 7.72. The van der Waals surface area contributed by atoms with E-state index < -0.39 is 0 Å². The van der Waals surface area contributed by atoms with Gasteiger partial charge in [0, 0.05) is 0 Å². The lowest BCUT2D eigenvalue weighted by molar-refractivity contribution is 0.276. The Morgan fingerprint density at radius 1 is 1.64 bits per heavy atom. The zero-order valence-corrected chi connectivity index (χ0v) is 7.72. The Balaban J connectivity index is 2.74. The van der Waals surface area contributed by atoms with Crippen molar-refractivity contribution in [2.24, 2.45) is 11.3 Å². The lowest BCUT2D eigenvalue weighted by Gasteiger charge is -2.31. The van der Waals surface area contributed by atoms with Crippen LogP contribution in [-0.2, 0) is 0 Å². The molecule has 11 heavy (non-hydrogen) atoms. The van der Waals surface area contributed by atoms with Gasteiger partial charge in [0.2, 0.25) is 0 Å². The number of aliphatic hydroxyl groups excluding tert-OH is 1. The Bertz CT molecular complexity index is 168. The number of rotatable bonds is 1. The van der Waals surface area contributed by atoms with E-state index in [9.17, 15) is 0 Å². The summed E-state index contributed by atoms with van der Waals surface area (Å²) >= 11 is 0. The van der Waals surface area contributed by atoms with Gasteiger partial charge in [-0.1, -0.05) is 26.8 Å². The van der Waals surface area contributed by atoms with Crippen LogP contribution >= 0.6 is 0 Å². The van der Waals surface area contributed by atoms with E-state index in [1.165, 1.54) is 12.0 Å². The van der Waals surface area contributed by atoms with Gasteiger partial charge in [0.25, 0.3) is 0 Å². The lowest BCUT2D eigenvalue weighted by Crippen LogP contribution is -2.20. The van der Waals surface area contributed by atoms with Crippen LogP contribution in [0.5, 0.6) is 0 Å². The molecule has 0 saturated heterocycles. The molecule has 1 N–H and O–H groups in total. The summed E-state index contributed by atoms with van der Waals surface area (Å²) in [5, 5.41) is 8.97. The third-order valence-corrected chi connectivity index (χ3v) is 2.28. The summed E-state index contributed by atoms with van der Waals surface area (Å²) in [6.07, 6.45) is 4.56. The summed E-state index contributed by atoms with van der Waals surface area (Å²) in [5.41, 5.74) is 1.52. The Labute approximate surface area is 69.1 Å². The van der Waals surface area contributed by atoms with Crippen molar-refractivity contribution < 1.29 is 5.11 Å². The molecule has 1 aliphatic carbocycles. The van der Waals surface area contributed by atoms with E-state index in [1.807, 2.05) is 0 Å². The van der Waals surface area contributed by atoms with Crippen molar-refractivity contribution in [3.05, 3.63) is 11.6 Å². The second-order valence-corrected chi connectivity index (χ2v) is 4.46. The number of hydrogen-bond acceptors (Lipinski definition) is 1. The fourth-order valence-electron chi connectivity index (χ4n) is 2.20. The van der Waals surface area contributed by atoms with E-state index in [0.29, 0.717) is 5.41 Å². The highest BCUT2D eigenvalue weighted by atomic mass is 16.3. The molecule has 0 saturated carbocycles. The molecular formula is C10H18O. The molecule has 0 spiro atoms. The summed E-state index contributed by atoms with van der Waals surface area (Å²) in [6, 6.07) is 0. The quantitative estimate of drug-likeness (QED) is 0.575. The monoisotopic (exact) mass is 154 g/mol. The number of aliphatic hydroxyl groups is 1. The van der Waals surface area contributed by atoms with E-state index >= 15 is 0 Å². The average Bonchev–Trinajstić information content (AvgIpc) is 1.83. The van der Waals surface area contributed by atoms with Gasteiger partial charge in [0.05, 0.1) is 6.61 Å². The first-order valence-electron chi connectivity index (χ1n) is 4.35. The molecule has 0 aliphatic heterocycles. The van der Waals surface area contributed by atoms with Crippen molar-refractivity contribution >= 4 is 0 Å². The fraction of sp³-hybridized carbons (Fsp3) is 0.800. The molecule has 0 bridgehead atoms. The highest BCUT2D eigenvalue weighted by Gasteiger charge is 2.24. The van der Waals surface area contributed by atoms with Crippen molar-refractivity contribution in [2.75, 3.05) is 6.61 Å². The molecule has 1 nitrogen and oxygen atoms in total. The first kappa shape index (κ1) is 8.79. The molecule has 0 amide bonds. The van der Waals surface area contributed by atoms with Crippen LogP contribution in [0.15, 0.2) is 11.6 Å². The van der Waals surface area contributed by atoms with Gasteiger partial charge in [0.15, 0.2) is 0 Å². The van der Waals surface area contributed by atoms with Gasteiger partial charge in [-0.15, -0.1) is 0 Å². The Morgan fingerprint density at radius 2 is 2.27 bits per heavy atom. The predicted molar refractivity (Wildman–Crippen MR) is 47.3 cm³/mol. The van der Waals surface area contributed by atoms with Crippen molar-refractivity contribution in [2.45, 2.75) is 33.6 Å². The van der Waals surface area contributed by atoms with E-state index in [4.69, 9.17) is 5.11 Å². The fourth-order valence-corrected chi connectivity index (χ4v) is 2.20. The normalized spacial score (nSPS) is 29.8. The highest BCUT2D eigenvalue weighted by molar-refractivity contribution is 5.12. The second kappa shape index (κ2) is 2.98. The first-order chi connectivity index (χ1) is 5.03. The Hall–Kier alpha value is -0.300. The standard InChI is InChI=1S/C10H18O/c1-8-4-9(7-11)6-10(2,3)5-8/h6,8,11H,4-5,7H2,1-3H3. The third-order valence-electron chi connectivity index (χ3n) is 2.28. The van der Waals surface area contributed by atoms with Crippen LogP contribution in [0.1, 0.15) is 33.6 Å². The van der Waals surface area contributed by atoms with E-state index in [1.54, 1.807) is 0 Å². The molecule has 64 valence electrons. The first-order valence-corrected chi connectivity index (χ1v) is 4.35. The van der Waals surface area contributed by atoms with E-state index in [-0.39, 0.29) is 6.61 Å². The SMILES string of the molecule is CC1CC(CO)=CC(C)(C)C1. The molecule has 1 rings (SSSR count). The van der Waals surface area contributed by atoms with Crippen molar-refractivity contribution in [3.8, 4) is 0 Å². The molecule has 0 radical (unpaired) electrons. The lowest BCUT2D eigenvalue weighted by atomic mass is 9.75. The maximum absolute atomic E-state index is 8.97. The summed E-state index contributed by atoms with van der Waals surface area (Å²) in [6.45, 7) is 6.97. The maximum atomic E-state index is 8.97. The van der Waals surface area contributed by atoms with Crippen LogP contribution in [0, 0.1) is 11.3 Å². The molecule has 1 heteroatoms. The summed E-state index contributed by atoms with van der Waals surface area (Å²) in [5.74, 6) is 0.733. The van der Waals surface area contributed by atoms with Gasteiger partial charge >= 0.3 is 0 Å². The van der Waals surface area contributed by atoms with Crippen molar-refractivity contribution in [3.63, 3.8) is 0 Å². The van der Waals surface area contributed by atoms with Crippen LogP contribution in [-0.4, -0.2) is 11.7 Å². The third kappa shape index (κ3) is 2.33. The molecule has 0 heterocycles. The molecule has 0 fully saturated rings. The predicted octanol–water partition coefficient (Wildman–Crippen LogP) is 2.36. The molecule has 1 unspecified atom stereocenters. The largest absolute Gasteiger partial charge is 0.392 e. The van der Waals surface area contributed by atoms with Gasteiger partial charge in [-0.25, -0.2) is 0 Å². The van der Waals surface area contributed by atoms with Crippen molar-refractivity contribution in [1.29, 1.82) is 0 Å². The number of allylic oxidation sites excluding steroid dienone is 1. The van der Waals surface area contributed by atoms with Gasteiger partial charge in [-0.05, 0) is 29.7 Å². The van der Waals surface area contributed by atoms with Gasteiger partial charge < -0.3 is 5.11 Å². The zero-order chi connectivity index (χ0) is 8.48. The topological polar surface area (TPSA) is 20.2 Å². The minimum absolute atomic E-state index is 0.244. The smallest absolute Gasteiger partial charge is 0.0642 e. The molecule has 1 aliphatic rings. The van der Waals surface area contributed by atoms with E-state index in [0.717, 1.165) is 12.3 Å². The molecule has 1 atom stereocenters. The minimum Gasteiger partial charge on any atom is -0.392 e. The van der Waals surface area contributed by atoms with Crippen LogP contribution in [0.3, 0.4) is 0 Å². The number of hydrogen-bond donors (Lipinski definition) is 1. The van der Waals surface area contributed by atoms with E-state index in [2.05, 4.69) is 26.8 Å². The van der Waals surface area contributed by atoms with Gasteiger partial charge in [-0.3, -0.25) is 0 Å². The van der Waals surface area contributed by atoms with Crippen LogP contribution in [0.4, 0.5) is 0 Å². The summed E-state index contributed by atoms with van der Waals surface area (Å²) in [4.78, 5) is 0. The molecule has 0 aromatic heterocycles. The minimum atomic E-state index is 0.244.